The lowest BCUT2D eigenvalue weighted by Crippen LogP contribution is -2.35. The van der Waals surface area contributed by atoms with Crippen molar-refractivity contribution >= 4 is 45.0 Å². The van der Waals surface area contributed by atoms with Crippen molar-refractivity contribution in [3.63, 3.8) is 0 Å². The Kier molecular flexibility index (Phi) is 4.88. The van der Waals surface area contributed by atoms with Gasteiger partial charge in [0.2, 0.25) is 5.76 Å². The van der Waals surface area contributed by atoms with Gasteiger partial charge in [-0.3, -0.25) is 4.79 Å². The molecular weight excluding hydrogens is 374 g/mol. The number of aryl methyl sites for hydroxylation is 1. The van der Waals surface area contributed by atoms with Gasteiger partial charge in [-0.05, 0) is 30.7 Å². The molecule has 4 aromatic rings. The highest BCUT2D eigenvalue weighted by Gasteiger charge is 2.24. The lowest BCUT2D eigenvalue weighted by Gasteiger charge is -2.12. The molecule has 5 nitrogen and oxygen atoms in total. The van der Waals surface area contributed by atoms with Gasteiger partial charge < -0.3 is 14.5 Å². The Labute approximate surface area is 165 Å². The molecule has 0 saturated heterocycles. The Morgan fingerprint density at radius 1 is 1.11 bits per heavy atom. The van der Waals surface area contributed by atoms with E-state index in [1.807, 2.05) is 60.8 Å². The van der Waals surface area contributed by atoms with Crippen molar-refractivity contribution in [3.8, 4) is 0 Å². The molecule has 2 heterocycles. The molecule has 0 aliphatic rings. The Morgan fingerprint density at radius 3 is 2.71 bits per heavy atom. The lowest BCUT2D eigenvalue weighted by molar-refractivity contribution is -0.129. The molecule has 2 aromatic carbocycles. The third-order valence-electron chi connectivity index (χ3n) is 4.68. The Balaban J connectivity index is 1.52. The number of carbonyl (C=O) groups is 2. The summed E-state index contributed by atoms with van der Waals surface area (Å²) < 4.78 is 11.2. The second-order valence-corrected chi connectivity index (χ2v) is 7.60. The minimum absolute atomic E-state index is 0.129. The molecule has 0 aliphatic carbocycles. The largest absolute Gasteiger partial charge is 0.448 e. The molecule has 0 aliphatic heterocycles. The summed E-state index contributed by atoms with van der Waals surface area (Å²) in [6, 6.07) is 15.6. The van der Waals surface area contributed by atoms with E-state index < -0.39 is 12.1 Å². The third kappa shape index (κ3) is 3.39. The number of hydrogen-bond acceptors (Lipinski definition) is 5. The quantitative estimate of drug-likeness (QED) is 0.494. The zero-order valence-corrected chi connectivity index (χ0v) is 16.3. The number of amides is 1. The molecule has 28 heavy (non-hydrogen) atoms. The van der Waals surface area contributed by atoms with Gasteiger partial charge in [0.05, 0.1) is 6.54 Å². The number of fused-ring (bicyclic) bond motifs is 3. The Morgan fingerprint density at radius 2 is 1.93 bits per heavy atom. The molecular formula is C22H19NO4S. The maximum atomic E-state index is 12.6. The fourth-order valence-electron chi connectivity index (χ4n) is 3.14. The number of thiophene rings is 1. The van der Waals surface area contributed by atoms with E-state index in [9.17, 15) is 9.59 Å². The highest BCUT2D eigenvalue weighted by atomic mass is 32.1. The van der Waals surface area contributed by atoms with Gasteiger partial charge in [0.15, 0.2) is 6.10 Å². The average Bonchev–Trinajstić information content (AvgIpc) is 3.34. The number of esters is 1. The fourth-order valence-corrected chi connectivity index (χ4v) is 3.79. The van der Waals surface area contributed by atoms with Crippen LogP contribution in [0.25, 0.3) is 21.7 Å². The molecule has 1 amide bonds. The topological polar surface area (TPSA) is 68.5 Å². The predicted molar refractivity (Wildman–Crippen MR) is 110 cm³/mol. The van der Waals surface area contributed by atoms with Gasteiger partial charge in [-0.15, -0.1) is 11.3 Å². The van der Waals surface area contributed by atoms with Crippen LogP contribution in [-0.2, 0) is 16.1 Å². The van der Waals surface area contributed by atoms with Crippen LogP contribution in [0.1, 0.15) is 27.9 Å². The summed E-state index contributed by atoms with van der Waals surface area (Å²) in [5, 5.41) is 7.54. The van der Waals surface area contributed by atoms with Crippen LogP contribution in [0.4, 0.5) is 0 Å². The maximum absolute atomic E-state index is 12.6. The highest BCUT2D eigenvalue weighted by Crippen LogP contribution is 2.32. The second-order valence-electron chi connectivity index (χ2n) is 6.56. The number of ether oxygens (including phenoxy) is 1. The van der Waals surface area contributed by atoms with Crippen LogP contribution in [0.15, 0.2) is 58.3 Å². The van der Waals surface area contributed by atoms with Crippen LogP contribution >= 0.6 is 11.3 Å². The van der Waals surface area contributed by atoms with Gasteiger partial charge in [-0.1, -0.05) is 42.5 Å². The van der Waals surface area contributed by atoms with Crippen molar-refractivity contribution in [1.29, 1.82) is 0 Å². The van der Waals surface area contributed by atoms with Crippen LogP contribution in [0.3, 0.4) is 0 Å². The third-order valence-corrected chi connectivity index (χ3v) is 5.56. The van der Waals surface area contributed by atoms with Crippen LogP contribution in [0.2, 0.25) is 0 Å². The van der Waals surface area contributed by atoms with E-state index in [-0.39, 0.29) is 11.7 Å². The van der Waals surface area contributed by atoms with Crippen LogP contribution in [0, 0.1) is 6.92 Å². The average molecular weight is 393 g/mol. The number of hydrogen-bond donors (Lipinski definition) is 1. The summed E-state index contributed by atoms with van der Waals surface area (Å²) in [5.74, 6) is -0.859. The Bertz CT molecular complexity index is 1160. The number of nitrogens with one attached hydrogen (secondary N) is 1. The molecule has 1 atom stereocenters. The van der Waals surface area contributed by atoms with Gasteiger partial charge in [0, 0.05) is 21.2 Å². The van der Waals surface area contributed by atoms with Crippen molar-refractivity contribution in [1.82, 2.24) is 5.32 Å². The van der Waals surface area contributed by atoms with Crippen molar-refractivity contribution in [2.45, 2.75) is 26.5 Å². The van der Waals surface area contributed by atoms with E-state index in [0.29, 0.717) is 17.7 Å². The molecule has 0 saturated carbocycles. The highest BCUT2D eigenvalue weighted by molar-refractivity contribution is 7.09. The van der Waals surface area contributed by atoms with Gasteiger partial charge in [0.25, 0.3) is 5.91 Å². The normalized spacial score (nSPS) is 12.2. The summed E-state index contributed by atoms with van der Waals surface area (Å²) in [5.41, 5.74) is 1.36. The summed E-state index contributed by atoms with van der Waals surface area (Å²) >= 11 is 1.56. The molecule has 0 unspecified atom stereocenters. The minimum atomic E-state index is -0.920. The van der Waals surface area contributed by atoms with E-state index in [4.69, 9.17) is 9.15 Å². The zero-order valence-electron chi connectivity index (χ0n) is 15.5. The van der Waals surface area contributed by atoms with E-state index in [1.54, 1.807) is 18.3 Å². The van der Waals surface area contributed by atoms with Crippen LogP contribution < -0.4 is 5.32 Å². The molecule has 1 N–H and O–H groups in total. The van der Waals surface area contributed by atoms with Gasteiger partial charge in [0.1, 0.15) is 5.58 Å². The van der Waals surface area contributed by atoms with Crippen molar-refractivity contribution in [2.75, 3.05) is 0 Å². The summed E-state index contributed by atoms with van der Waals surface area (Å²) in [4.78, 5) is 25.9. The first-order valence-electron chi connectivity index (χ1n) is 8.96. The SMILES string of the molecule is Cc1c(C(=O)O[C@H](C)C(=O)NCc2cccs2)oc2c1ccc1ccccc12. The van der Waals surface area contributed by atoms with Gasteiger partial charge >= 0.3 is 5.97 Å². The van der Waals surface area contributed by atoms with Gasteiger partial charge in [-0.25, -0.2) is 4.79 Å². The van der Waals surface area contributed by atoms with Crippen molar-refractivity contribution in [3.05, 3.63) is 70.1 Å². The van der Waals surface area contributed by atoms with E-state index in [2.05, 4.69) is 5.32 Å². The summed E-state index contributed by atoms with van der Waals surface area (Å²) in [6.07, 6.45) is -0.920. The second kappa shape index (κ2) is 7.48. The number of benzene rings is 2. The smallest absolute Gasteiger partial charge is 0.375 e. The van der Waals surface area contributed by atoms with E-state index in [1.165, 1.54) is 0 Å². The lowest BCUT2D eigenvalue weighted by atomic mass is 10.1. The maximum Gasteiger partial charge on any atom is 0.375 e. The van der Waals surface area contributed by atoms with Gasteiger partial charge in [-0.2, -0.15) is 0 Å². The molecule has 142 valence electrons. The summed E-state index contributed by atoms with van der Waals surface area (Å²) in [6.45, 7) is 3.78. The zero-order chi connectivity index (χ0) is 19.7. The molecule has 0 bridgehead atoms. The first-order valence-corrected chi connectivity index (χ1v) is 9.84. The molecule has 0 fully saturated rings. The molecule has 4 rings (SSSR count). The molecule has 6 heteroatoms. The van der Waals surface area contributed by atoms with Crippen molar-refractivity contribution < 1.29 is 18.7 Å². The summed E-state index contributed by atoms with van der Waals surface area (Å²) in [7, 11) is 0. The number of carbonyl (C=O) groups excluding carboxylic acids is 2. The van der Waals surface area contributed by atoms with Crippen molar-refractivity contribution in [2.24, 2.45) is 0 Å². The van der Waals surface area contributed by atoms with E-state index in [0.717, 1.165) is 21.0 Å². The van der Waals surface area contributed by atoms with Crippen LogP contribution in [0.5, 0.6) is 0 Å². The molecule has 0 radical (unpaired) electrons. The molecule has 2 aromatic heterocycles. The number of furan rings is 1. The Hall–Kier alpha value is -3.12. The first kappa shape index (κ1) is 18.3. The monoisotopic (exact) mass is 393 g/mol. The van der Waals surface area contributed by atoms with E-state index >= 15 is 0 Å². The minimum Gasteiger partial charge on any atom is -0.448 e. The standard InChI is InChI=1S/C22H19NO4S/c1-13-17-10-9-15-6-3-4-8-18(15)20(17)27-19(13)22(25)26-14(2)21(24)23-12-16-7-5-11-28-16/h3-11,14H,12H2,1-2H3,(H,23,24)/t14-/m1/s1. The van der Waals surface area contributed by atoms with Crippen LogP contribution in [-0.4, -0.2) is 18.0 Å². The number of rotatable bonds is 5. The first-order chi connectivity index (χ1) is 13.5. The fraction of sp³-hybridized carbons (Fsp3) is 0.182. The predicted octanol–water partition coefficient (Wildman–Crippen LogP) is 4.82. The molecule has 0 spiro atoms.